The number of H-pyrrole nitrogens is 1. The van der Waals surface area contributed by atoms with E-state index in [2.05, 4.69) is 53.5 Å². The van der Waals surface area contributed by atoms with E-state index < -0.39 is 0 Å². The van der Waals surface area contributed by atoms with Crippen LogP contribution in [-0.2, 0) is 4.79 Å². The Bertz CT molecular complexity index is 740. The highest BCUT2D eigenvalue weighted by Crippen LogP contribution is 2.48. The minimum absolute atomic E-state index is 0.0151. The predicted molar refractivity (Wildman–Crippen MR) is 96.1 cm³/mol. The number of nitrogens with zero attached hydrogens (tertiary/aromatic N) is 3. The van der Waals surface area contributed by atoms with Gasteiger partial charge in [0.25, 0.3) is 0 Å². The molecule has 126 valence electrons. The number of piperidine rings is 1. The van der Waals surface area contributed by atoms with Crippen LogP contribution >= 0.6 is 15.9 Å². The number of nitrogens with one attached hydrogen (secondary N) is 2. The third-order valence-corrected chi connectivity index (χ3v) is 5.25. The molecule has 24 heavy (non-hydrogen) atoms. The van der Waals surface area contributed by atoms with E-state index in [1.807, 2.05) is 12.1 Å². The van der Waals surface area contributed by atoms with Crippen LogP contribution in [0.15, 0.2) is 28.7 Å². The zero-order chi connectivity index (χ0) is 16.5. The lowest BCUT2D eigenvalue weighted by Crippen LogP contribution is -2.30. The van der Waals surface area contributed by atoms with Crippen LogP contribution in [0.3, 0.4) is 0 Å². The molecule has 2 aliphatic rings. The maximum Gasteiger partial charge on any atom is 0.246 e. The molecule has 2 atom stereocenters. The second-order valence-corrected chi connectivity index (χ2v) is 7.44. The van der Waals surface area contributed by atoms with Crippen molar-refractivity contribution in [3.63, 3.8) is 0 Å². The van der Waals surface area contributed by atoms with Gasteiger partial charge < -0.3 is 4.90 Å². The monoisotopic (exact) mass is 389 g/mol. The highest BCUT2D eigenvalue weighted by Gasteiger charge is 2.44. The van der Waals surface area contributed by atoms with Gasteiger partial charge >= 0.3 is 0 Å². The first-order valence-electron chi connectivity index (χ1n) is 8.44. The van der Waals surface area contributed by atoms with Crippen molar-refractivity contribution >= 4 is 33.7 Å². The van der Waals surface area contributed by atoms with Gasteiger partial charge in [-0.2, -0.15) is 4.98 Å². The molecule has 7 heteroatoms. The van der Waals surface area contributed by atoms with E-state index >= 15 is 0 Å². The summed E-state index contributed by atoms with van der Waals surface area (Å²) >= 11 is 3.48. The number of rotatable bonds is 4. The van der Waals surface area contributed by atoms with Crippen molar-refractivity contribution < 1.29 is 4.79 Å². The fourth-order valence-corrected chi connectivity index (χ4v) is 3.76. The summed E-state index contributed by atoms with van der Waals surface area (Å²) in [6.45, 7) is 1.97. The Morgan fingerprint density at radius 1 is 1.29 bits per heavy atom. The summed E-state index contributed by atoms with van der Waals surface area (Å²) in [5.41, 5.74) is 1.20. The lowest BCUT2D eigenvalue weighted by atomic mass is 10.1. The van der Waals surface area contributed by atoms with Crippen LogP contribution in [0.2, 0.25) is 0 Å². The van der Waals surface area contributed by atoms with Gasteiger partial charge in [-0.25, -0.2) is 5.10 Å². The smallest absolute Gasteiger partial charge is 0.246 e. The van der Waals surface area contributed by atoms with E-state index in [-0.39, 0.29) is 11.8 Å². The largest absolute Gasteiger partial charge is 0.340 e. The third-order valence-electron chi connectivity index (χ3n) is 4.76. The molecule has 1 saturated carbocycles. The SMILES string of the molecule is O=C(Nc1nc(N2CCCCC2)n[nH]1)C1CC1c1cccc(Br)c1. The second kappa shape index (κ2) is 6.55. The standard InChI is InChI=1S/C17H20BrN5O/c18-12-6-4-5-11(9-12)13-10-14(13)15(24)19-16-20-17(22-21-16)23-7-2-1-3-8-23/h4-6,9,13-14H,1-3,7-8,10H2,(H2,19,20,21,22,24). The Morgan fingerprint density at radius 3 is 2.92 bits per heavy atom. The number of benzene rings is 1. The van der Waals surface area contributed by atoms with E-state index in [1.165, 1.54) is 24.8 Å². The molecule has 2 fully saturated rings. The third kappa shape index (κ3) is 3.31. The molecule has 1 saturated heterocycles. The van der Waals surface area contributed by atoms with Crippen LogP contribution in [0.1, 0.15) is 37.2 Å². The maximum atomic E-state index is 12.4. The number of carbonyl (C=O) groups excluding carboxylic acids is 1. The van der Waals surface area contributed by atoms with Crippen LogP contribution in [-0.4, -0.2) is 34.2 Å². The number of hydrogen-bond donors (Lipinski definition) is 2. The normalized spacial score (nSPS) is 23.1. The molecule has 4 rings (SSSR count). The summed E-state index contributed by atoms with van der Waals surface area (Å²) in [6.07, 6.45) is 4.50. The number of halogens is 1. The highest BCUT2D eigenvalue weighted by molar-refractivity contribution is 9.10. The summed E-state index contributed by atoms with van der Waals surface area (Å²) in [4.78, 5) is 19.0. The molecule has 2 aromatic rings. The molecule has 6 nitrogen and oxygen atoms in total. The van der Waals surface area contributed by atoms with Crippen molar-refractivity contribution in [2.24, 2.45) is 5.92 Å². The number of aromatic amines is 1. The van der Waals surface area contributed by atoms with E-state index in [9.17, 15) is 4.79 Å². The molecule has 1 aromatic carbocycles. The van der Waals surface area contributed by atoms with Gasteiger partial charge in [0.2, 0.25) is 17.8 Å². The Kier molecular flexibility index (Phi) is 4.26. The summed E-state index contributed by atoms with van der Waals surface area (Å²) < 4.78 is 1.05. The number of aromatic nitrogens is 3. The van der Waals surface area contributed by atoms with Gasteiger partial charge in [-0.1, -0.05) is 28.1 Å². The molecule has 1 aromatic heterocycles. The van der Waals surface area contributed by atoms with Crippen molar-refractivity contribution in [2.75, 3.05) is 23.3 Å². The summed E-state index contributed by atoms with van der Waals surface area (Å²) in [6, 6.07) is 8.16. The van der Waals surface area contributed by atoms with Crippen LogP contribution in [0, 0.1) is 5.92 Å². The zero-order valence-electron chi connectivity index (χ0n) is 13.3. The topological polar surface area (TPSA) is 73.9 Å². The minimum Gasteiger partial charge on any atom is -0.340 e. The quantitative estimate of drug-likeness (QED) is 0.840. The molecule has 0 spiro atoms. The number of carbonyl (C=O) groups is 1. The fourth-order valence-electron chi connectivity index (χ4n) is 3.34. The van der Waals surface area contributed by atoms with Crippen molar-refractivity contribution in [1.29, 1.82) is 0 Å². The highest BCUT2D eigenvalue weighted by atomic mass is 79.9. The van der Waals surface area contributed by atoms with Crippen LogP contribution in [0.25, 0.3) is 0 Å². The van der Waals surface area contributed by atoms with Gasteiger partial charge in [0.15, 0.2) is 0 Å². The first-order chi connectivity index (χ1) is 11.7. The first-order valence-corrected chi connectivity index (χ1v) is 9.24. The molecular weight excluding hydrogens is 370 g/mol. The van der Waals surface area contributed by atoms with Crippen molar-refractivity contribution in [3.8, 4) is 0 Å². The Hall–Kier alpha value is -1.89. The summed E-state index contributed by atoms with van der Waals surface area (Å²) in [5, 5.41) is 9.94. The number of hydrogen-bond acceptors (Lipinski definition) is 4. The molecule has 2 N–H and O–H groups in total. The molecular formula is C17H20BrN5O. The van der Waals surface area contributed by atoms with E-state index in [0.717, 1.165) is 24.0 Å². The van der Waals surface area contributed by atoms with Crippen LogP contribution in [0.5, 0.6) is 0 Å². The molecule has 2 heterocycles. The van der Waals surface area contributed by atoms with Gasteiger partial charge in [0, 0.05) is 23.5 Å². The molecule has 1 aliphatic carbocycles. The van der Waals surface area contributed by atoms with Crippen molar-refractivity contribution in [3.05, 3.63) is 34.3 Å². The zero-order valence-corrected chi connectivity index (χ0v) is 14.9. The first kappa shape index (κ1) is 15.6. The van der Waals surface area contributed by atoms with Crippen molar-refractivity contribution in [1.82, 2.24) is 15.2 Å². The number of amides is 1. The summed E-state index contributed by atoms with van der Waals surface area (Å²) in [5.74, 6) is 1.46. The lowest BCUT2D eigenvalue weighted by molar-refractivity contribution is -0.117. The lowest BCUT2D eigenvalue weighted by Gasteiger charge is -2.24. The van der Waals surface area contributed by atoms with Gasteiger partial charge in [-0.3, -0.25) is 10.1 Å². The average molecular weight is 390 g/mol. The Balaban J connectivity index is 1.36. The maximum absolute atomic E-state index is 12.4. The van der Waals surface area contributed by atoms with Gasteiger partial charge in [-0.05, 0) is 49.3 Å². The van der Waals surface area contributed by atoms with E-state index in [0.29, 0.717) is 17.8 Å². The molecule has 0 bridgehead atoms. The fraction of sp³-hybridized carbons (Fsp3) is 0.471. The Labute approximate surface area is 149 Å². The number of anilines is 2. The van der Waals surface area contributed by atoms with E-state index in [1.54, 1.807) is 0 Å². The van der Waals surface area contributed by atoms with Crippen molar-refractivity contribution in [2.45, 2.75) is 31.6 Å². The van der Waals surface area contributed by atoms with Gasteiger partial charge in [-0.15, -0.1) is 5.10 Å². The molecule has 0 radical (unpaired) electrons. The summed E-state index contributed by atoms with van der Waals surface area (Å²) in [7, 11) is 0. The average Bonchev–Trinajstić information content (AvgIpc) is 3.28. The minimum atomic E-state index is 0.0151. The molecule has 1 amide bonds. The second-order valence-electron chi connectivity index (χ2n) is 6.52. The Morgan fingerprint density at radius 2 is 2.12 bits per heavy atom. The predicted octanol–water partition coefficient (Wildman–Crippen LogP) is 3.30. The van der Waals surface area contributed by atoms with E-state index in [4.69, 9.17) is 0 Å². The van der Waals surface area contributed by atoms with Gasteiger partial charge in [0.05, 0.1) is 0 Å². The van der Waals surface area contributed by atoms with Gasteiger partial charge in [0.1, 0.15) is 0 Å². The van der Waals surface area contributed by atoms with Crippen LogP contribution < -0.4 is 10.2 Å². The van der Waals surface area contributed by atoms with Crippen LogP contribution in [0.4, 0.5) is 11.9 Å². The molecule has 1 aliphatic heterocycles. The molecule has 2 unspecified atom stereocenters.